The maximum atomic E-state index is 13.1. The van der Waals surface area contributed by atoms with Crippen LogP contribution in [0.2, 0.25) is 0 Å². The second-order valence-electron chi connectivity index (χ2n) is 7.38. The third kappa shape index (κ3) is 3.86. The van der Waals surface area contributed by atoms with Crippen molar-refractivity contribution in [3.05, 3.63) is 43.1 Å². The van der Waals surface area contributed by atoms with Crippen molar-refractivity contribution < 1.29 is 14.7 Å². The number of hydrogen-bond acceptors (Lipinski definition) is 7. The normalized spacial score (nSPS) is 13.0. The van der Waals surface area contributed by atoms with Crippen LogP contribution in [0.25, 0.3) is 10.2 Å². The SMILES string of the molecule is CCCc1nc2scc(C(=O)O)c2c(=O)n1CC(=O)Nc1sc2c(c1C#N)CCCC2. The van der Waals surface area contributed by atoms with Crippen LogP contribution in [0.4, 0.5) is 5.00 Å². The number of aryl methyl sites for hydroxylation is 2. The second kappa shape index (κ2) is 8.61. The summed E-state index contributed by atoms with van der Waals surface area (Å²) in [5, 5.41) is 23.7. The molecule has 2 N–H and O–H groups in total. The first-order valence-electron chi connectivity index (χ1n) is 10.0. The van der Waals surface area contributed by atoms with Gasteiger partial charge in [-0.05, 0) is 37.7 Å². The molecule has 0 unspecified atom stereocenters. The molecule has 0 radical (unpaired) electrons. The number of hydrogen-bond donors (Lipinski definition) is 2. The predicted molar refractivity (Wildman–Crippen MR) is 119 cm³/mol. The van der Waals surface area contributed by atoms with Crippen LogP contribution in [0.1, 0.15) is 58.4 Å². The Bertz CT molecular complexity index is 1300. The molecule has 160 valence electrons. The van der Waals surface area contributed by atoms with Gasteiger partial charge in [-0.1, -0.05) is 6.92 Å². The van der Waals surface area contributed by atoms with E-state index in [0.717, 1.165) is 47.5 Å². The summed E-state index contributed by atoms with van der Waals surface area (Å²) >= 11 is 2.53. The van der Waals surface area contributed by atoms with E-state index in [9.17, 15) is 24.8 Å². The Morgan fingerprint density at radius 1 is 1.35 bits per heavy atom. The summed E-state index contributed by atoms with van der Waals surface area (Å²) in [6.45, 7) is 1.65. The van der Waals surface area contributed by atoms with E-state index >= 15 is 0 Å². The van der Waals surface area contributed by atoms with Crippen LogP contribution in [0, 0.1) is 11.3 Å². The van der Waals surface area contributed by atoms with Crippen LogP contribution >= 0.6 is 22.7 Å². The maximum absolute atomic E-state index is 13.1. The molecule has 10 heteroatoms. The Balaban J connectivity index is 1.69. The highest BCUT2D eigenvalue weighted by atomic mass is 32.1. The monoisotopic (exact) mass is 456 g/mol. The molecule has 1 aliphatic rings. The lowest BCUT2D eigenvalue weighted by Gasteiger charge is -2.12. The summed E-state index contributed by atoms with van der Waals surface area (Å²) < 4.78 is 1.25. The number of carbonyl (C=O) groups excluding carboxylic acids is 1. The average Bonchev–Trinajstić information content (AvgIpc) is 3.32. The molecule has 31 heavy (non-hydrogen) atoms. The van der Waals surface area contributed by atoms with Crippen LogP contribution in [-0.2, 0) is 30.6 Å². The van der Waals surface area contributed by atoms with E-state index < -0.39 is 17.4 Å². The number of aromatic carboxylic acids is 1. The van der Waals surface area contributed by atoms with E-state index in [1.807, 2.05) is 6.92 Å². The van der Waals surface area contributed by atoms with E-state index in [4.69, 9.17) is 0 Å². The van der Waals surface area contributed by atoms with Crippen LogP contribution in [0.15, 0.2) is 10.2 Å². The molecule has 3 aromatic heterocycles. The van der Waals surface area contributed by atoms with Gasteiger partial charge in [0.05, 0.1) is 16.5 Å². The van der Waals surface area contributed by atoms with E-state index in [1.54, 1.807) is 0 Å². The van der Waals surface area contributed by atoms with Gasteiger partial charge in [0, 0.05) is 16.7 Å². The molecule has 4 rings (SSSR count). The highest BCUT2D eigenvalue weighted by Gasteiger charge is 2.24. The van der Waals surface area contributed by atoms with Gasteiger partial charge in [-0.25, -0.2) is 9.78 Å². The molecule has 0 aliphatic heterocycles. The summed E-state index contributed by atoms with van der Waals surface area (Å²) in [5.41, 5.74) is 0.889. The highest BCUT2D eigenvalue weighted by Crippen LogP contribution is 2.37. The molecule has 0 aromatic carbocycles. The van der Waals surface area contributed by atoms with Gasteiger partial charge in [0.15, 0.2) is 0 Å². The molecule has 3 heterocycles. The molecule has 0 fully saturated rings. The lowest BCUT2D eigenvalue weighted by atomic mass is 9.96. The van der Waals surface area contributed by atoms with E-state index in [1.165, 1.54) is 21.3 Å². The van der Waals surface area contributed by atoms with Gasteiger partial charge in [-0.2, -0.15) is 5.26 Å². The van der Waals surface area contributed by atoms with E-state index in [-0.39, 0.29) is 17.5 Å². The van der Waals surface area contributed by atoms with Crippen molar-refractivity contribution in [1.29, 1.82) is 5.26 Å². The standard InChI is InChI=1S/C21H20N4O4S2/c1-2-5-15-23-19-17(13(10-30-19)21(28)29)20(27)25(15)9-16(26)24-18-12(8-22)11-6-3-4-7-14(11)31-18/h10H,2-7,9H2,1H3,(H,24,26)(H,28,29). The van der Waals surface area contributed by atoms with E-state index in [0.29, 0.717) is 34.1 Å². The second-order valence-corrected chi connectivity index (χ2v) is 9.34. The lowest BCUT2D eigenvalue weighted by Crippen LogP contribution is -2.31. The van der Waals surface area contributed by atoms with Gasteiger partial charge >= 0.3 is 5.97 Å². The minimum atomic E-state index is -1.20. The molecule has 0 spiro atoms. The van der Waals surface area contributed by atoms with Crippen LogP contribution < -0.4 is 10.9 Å². The van der Waals surface area contributed by atoms with Gasteiger partial charge in [0.25, 0.3) is 5.56 Å². The number of nitrogens with one attached hydrogen (secondary N) is 1. The Kier molecular flexibility index (Phi) is 5.89. The fourth-order valence-corrected chi connectivity index (χ4v) is 6.06. The highest BCUT2D eigenvalue weighted by molar-refractivity contribution is 7.17. The Morgan fingerprint density at radius 3 is 2.84 bits per heavy atom. The molecule has 1 amide bonds. The van der Waals surface area contributed by atoms with Crippen molar-refractivity contribution in [3.8, 4) is 6.07 Å². The van der Waals surface area contributed by atoms with Crippen molar-refractivity contribution in [2.24, 2.45) is 0 Å². The minimum absolute atomic E-state index is 0.0226. The fourth-order valence-electron chi connectivity index (χ4n) is 3.88. The smallest absolute Gasteiger partial charge is 0.337 e. The Labute approximate surface area is 185 Å². The molecule has 0 bridgehead atoms. The summed E-state index contributed by atoms with van der Waals surface area (Å²) in [7, 11) is 0. The van der Waals surface area contributed by atoms with Crippen molar-refractivity contribution >= 4 is 49.8 Å². The summed E-state index contributed by atoms with van der Waals surface area (Å²) in [4.78, 5) is 43.4. The zero-order valence-electron chi connectivity index (χ0n) is 16.9. The predicted octanol–water partition coefficient (Wildman–Crippen LogP) is 3.56. The zero-order valence-corrected chi connectivity index (χ0v) is 18.5. The Hall–Kier alpha value is -3.03. The number of aromatic nitrogens is 2. The van der Waals surface area contributed by atoms with E-state index in [2.05, 4.69) is 16.4 Å². The number of nitrogens with zero attached hydrogens (tertiary/aromatic N) is 3. The maximum Gasteiger partial charge on any atom is 0.337 e. The first-order valence-corrected chi connectivity index (χ1v) is 11.7. The summed E-state index contributed by atoms with van der Waals surface area (Å²) in [6.07, 6.45) is 5.03. The third-order valence-corrected chi connectivity index (χ3v) is 7.39. The number of rotatable bonds is 6. The van der Waals surface area contributed by atoms with Crippen LogP contribution in [0.3, 0.4) is 0 Å². The average molecular weight is 457 g/mol. The molecule has 0 saturated carbocycles. The molecule has 1 aliphatic carbocycles. The fraction of sp³-hybridized carbons (Fsp3) is 0.381. The molecule has 8 nitrogen and oxygen atoms in total. The number of carboxylic acids is 1. The molecule has 0 atom stereocenters. The van der Waals surface area contributed by atoms with Crippen LogP contribution in [-0.4, -0.2) is 26.5 Å². The van der Waals surface area contributed by atoms with Crippen molar-refractivity contribution in [3.63, 3.8) is 0 Å². The van der Waals surface area contributed by atoms with Crippen molar-refractivity contribution in [2.45, 2.75) is 52.0 Å². The third-order valence-electron chi connectivity index (χ3n) is 5.31. The quantitative estimate of drug-likeness (QED) is 0.584. The number of carbonyl (C=O) groups is 2. The first-order chi connectivity index (χ1) is 14.9. The molecule has 3 aromatic rings. The number of fused-ring (bicyclic) bond motifs is 2. The van der Waals surface area contributed by atoms with Gasteiger partial charge < -0.3 is 10.4 Å². The Morgan fingerprint density at radius 2 is 2.13 bits per heavy atom. The zero-order chi connectivity index (χ0) is 22.1. The first kappa shape index (κ1) is 21.2. The van der Waals surface area contributed by atoms with Gasteiger partial charge in [-0.15, -0.1) is 22.7 Å². The van der Waals surface area contributed by atoms with Gasteiger partial charge in [0.1, 0.15) is 28.3 Å². The minimum Gasteiger partial charge on any atom is -0.478 e. The largest absolute Gasteiger partial charge is 0.478 e. The number of anilines is 1. The van der Waals surface area contributed by atoms with Gasteiger partial charge in [0.2, 0.25) is 5.91 Å². The van der Waals surface area contributed by atoms with Crippen molar-refractivity contribution in [2.75, 3.05) is 5.32 Å². The summed E-state index contributed by atoms with van der Waals surface area (Å²) in [6, 6.07) is 2.21. The molecular weight excluding hydrogens is 436 g/mol. The molecule has 0 saturated heterocycles. The number of amides is 1. The number of thiophene rings is 2. The number of nitriles is 1. The topological polar surface area (TPSA) is 125 Å². The lowest BCUT2D eigenvalue weighted by molar-refractivity contribution is -0.116. The molecular formula is C21H20N4O4S2. The summed E-state index contributed by atoms with van der Waals surface area (Å²) in [5.74, 6) is -1.20. The van der Waals surface area contributed by atoms with Crippen LogP contribution in [0.5, 0.6) is 0 Å². The van der Waals surface area contributed by atoms with Gasteiger partial charge in [-0.3, -0.25) is 14.2 Å². The van der Waals surface area contributed by atoms with Crippen molar-refractivity contribution in [1.82, 2.24) is 9.55 Å². The number of carboxylic acid groups (broad SMARTS) is 1.